The van der Waals surface area contributed by atoms with Gasteiger partial charge < -0.3 is 14.6 Å². The lowest BCUT2D eigenvalue weighted by Gasteiger charge is -2.26. The Morgan fingerprint density at radius 2 is 1.55 bits per heavy atom. The predicted octanol–water partition coefficient (Wildman–Crippen LogP) is 3.85. The minimum atomic E-state index is -0.371. The molecule has 0 radical (unpaired) electrons. The Morgan fingerprint density at radius 3 is 2.30 bits per heavy atom. The van der Waals surface area contributed by atoms with Crippen LogP contribution in [0.3, 0.4) is 0 Å². The average Bonchev–Trinajstić information content (AvgIpc) is 2.46. The lowest BCUT2D eigenvalue weighted by molar-refractivity contribution is 0.0903. The molecule has 3 rings (SSSR count). The van der Waals surface area contributed by atoms with Crippen LogP contribution in [0.15, 0.2) is 18.2 Å². The third-order valence-electron chi connectivity index (χ3n) is 4.50. The van der Waals surface area contributed by atoms with Gasteiger partial charge in [0, 0.05) is 0 Å². The molecule has 1 N–H and O–H groups in total. The highest BCUT2D eigenvalue weighted by molar-refractivity contribution is 5.44. The Hall–Kier alpha value is -1.22. The molecule has 1 aliphatic heterocycles. The van der Waals surface area contributed by atoms with Crippen LogP contribution in [0.25, 0.3) is 0 Å². The van der Waals surface area contributed by atoms with E-state index in [4.69, 9.17) is 9.47 Å². The zero-order valence-electron chi connectivity index (χ0n) is 12.0. The zero-order chi connectivity index (χ0) is 13.8. The number of fused-ring (bicyclic) bond motifs is 1. The summed E-state index contributed by atoms with van der Waals surface area (Å²) in [6.07, 6.45) is 8.36. The minimum absolute atomic E-state index is 0.371. The summed E-state index contributed by atoms with van der Waals surface area (Å²) in [5.41, 5.74) is 0.972. The molecule has 110 valence electrons. The average molecular weight is 276 g/mol. The van der Waals surface area contributed by atoms with Gasteiger partial charge in [-0.25, -0.2) is 0 Å². The van der Waals surface area contributed by atoms with Crippen LogP contribution < -0.4 is 9.47 Å². The van der Waals surface area contributed by atoms with Crippen molar-refractivity contribution in [2.45, 2.75) is 51.0 Å². The summed E-state index contributed by atoms with van der Waals surface area (Å²) in [7, 11) is 0. The quantitative estimate of drug-likeness (QED) is 0.891. The summed E-state index contributed by atoms with van der Waals surface area (Å²) in [5.74, 6) is 1.96. The molecule has 1 aromatic carbocycles. The largest absolute Gasteiger partial charge is 0.486 e. The van der Waals surface area contributed by atoms with E-state index in [0.717, 1.165) is 29.9 Å². The van der Waals surface area contributed by atoms with Crippen LogP contribution in [0, 0.1) is 5.92 Å². The zero-order valence-corrected chi connectivity index (χ0v) is 12.0. The van der Waals surface area contributed by atoms with E-state index in [1.807, 2.05) is 18.2 Å². The molecule has 0 amide bonds. The monoisotopic (exact) mass is 276 g/mol. The number of benzene rings is 1. The Morgan fingerprint density at radius 1 is 0.900 bits per heavy atom. The molecule has 0 aromatic heterocycles. The van der Waals surface area contributed by atoms with Crippen molar-refractivity contribution < 1.29 is 14.6 Å². The molecule has 0 saturated heterocycles. The summed E-state index contributed by atoms with van der Waals surface area (Å²) in [5, 5.41) is 10.7. The highest BCUT2D eigenvalue weighted by Crippen LogP contribution is 2.37. The van der Waals surface area contributed by atoms with E-state index < -0.39 is 0 Å². The van der Waals surface area contributed by atoms with Crippen LogP contribution in [0.4, 0.5) is 0 Å². The molecule has 1 aromatic rings. The van der Waals surface area contributed by atoms with Crippen molar-refractivity contribution in [3.63, 3.8) is 0 Å². The Balaban J connectivity index is 1.73. The first-order chi connectivity index (χ1) is 9.84. The Bertz CT molecular complexity index is 436. The van der Waals surface area contributed by atoms with Gasteiger partial charge in [0.25, 0.3) is 0 Å². The van der Waals surface area contributed by atoms with Crippen LogP contribution in [-0.2, 0) is 0 Å². The van der Waals surface area contributed by atoms with E-state index in [-0.39, 0.29) is 6.10 Å². The number of hydrogen-bond acceptors (Lipinski definition) is 3. The second kappa shape index (κ2) is 6.49. The number of aliphatic hydroxyl groups excluding tert-OH is 1. The molecule has 1 atom stereocenters. The van der Waals surface area contributed by atoms with Gasteiger partial charge in [0.2, 0.25) is 0 Å². The van der Waals surface area contributed by atoms with Gasteiger partial charge >= 0.3 is 0 Å². The molecular formula is C17H24O3. The molecule has 1 saturated carbocycles. The van der Waals surface area contributed by atoms with Gasteiger partial charge in [-0.3, -0.25) is 0 Å². The van der Waals surface area contributed by atoms with E-state index in [9.17, 15) is 5.11 Å². The third-order valence-corrected chi connectivity index (χ3v) is 4.50. The number of aliphatic hydroxyl groups is 1. The molecular weight excluding hydrogens is 252 g/mol. The van der Waals surface area contributed by atoms with E-state index in [0.29, 0.717) is 19.1 Å². The molecule has 20 heavy (non-hydrogen) atoms. The van der Waals surface area contributed by atoms with Crippen LogP contribution >= 0.6 is 0 Å². The molecule has 1 aliphatic carbocycles. The smallest absolute Gasteiger partial charge is 0.161 e. The van der Waals surface area contributed by atoms with E-state index in [2.05, 4.69) is 0 Å². The van der Waals surface area contributed by atoms with Crippen molar-refractivity contribution in [3.8, 4) is 11.5 Å². The van der Waals surface area contributed by atoms with Gasteiger partial charge in [0.05, 0.1) is 6.10 Å². The maximum atomic E-state index is 10.7. The van der Waals surface area contributed by atoms with Crippen molar-refractivity contribution in [1.29, 1.82) is 0 Å². The van der Waals surface area contributed by atoms with Crippen molar-refractivity contribution in [1.82, 2.24) is 0 Å². The van der Waals surface area contributed by atoms with Gasteiger partial charge in [0.15, 0.2) is 11.5 Å². The van der Waals surface area contributed by atoms with Crippen molar-refractivity contribution in [2.24, 2.45) is 5.92 Å². The molecule has 1 unspecified atom stereocenters. The predicted molar refractivity (Wildman–Crippen MR) is 78.2 cm³/mol. The fourth-order valence-corrected chi connectivity index (χ4v) is 3.32. The minimum Gasteiger partial charge on any atom is -0.486 e. The Kier molecular flexibility index (Phi) is 4.46. The number of ether oxygens (including phenoxy) is 2. The van der Waals surface area contributed by atoms with Crippen molar-refractivity contribution >= 4 is 0 Å². The van der Waals surface area contributed by atoms with Crippen LogP contribution in [0.1, 0.15) is 56.6 Å². The van der Waals surface area contributed by atoms with Gasteiger partial charge in [-0.2, -0.15) is 0 Å². The van der Waals surface area contributed by atoms with Gasteiger partial charge in [-0.15, -0.1) is 0 Å². The maximum Gasteiger partial charge on any atom is 0.161 e. The standard InChI is InChI=1S/C17H24O3/c18-17(13-6-4-2-1-3-5-7-13)14-8-9-15-16(12-14)20-11-10-19-15/h8-9,12-13,17-18H,1-7,10-11H2. The molecule has 0 spiro atoms. The molecule has 1 heterocycles. The number of hydrogen-bond donors (Lipinski definition) is 1. The molecule has 3 nitrogen and oxygen atoms in total. The highest BCUT2D eigenvalue weighted by atomic mass is 16.6. The van der Waals surface area contributed by atoms with E-state index in [1.165, 1.54) is 32.1 Å². The highest BCUT2D eigenvalue weighted by Gasteiger charge is 2.23. The first-order valence-corrected chi connectivity index (χ1v) is 7.92. The van der Waals surface area contributed by atoms with Crippen LogP contribution in [0.5, 0.6) is 11.5 Å². The van der Waals surface area contributed by atoms with E-state index >= 15 is 0 Å². The van der Waals surface area contributed by atoms with Crippen LogP contribution in [0.2, 0.25) is 0 Å². The molecule has 0 bridgehead atoms. The lowest BCUT2D eigenvalue weighted by atomic mass is 9.84. The summed E-state index contributed by atoms with van der Waals surface area (Å²) in [6.45, 7) is 1.20. The normalized spacial score (nSPS) is 21.9. The third kappa shape index (κ3) is 3.09. The molecule has 3 heteroatoms. The van der Waals surface area contributed by atoms with Crippen LogP contribution in [-0.4, -0.2) is 18.3 Å². The lowest BCUT2D eigenvalue weighted by Crippen LogP contribution is -2.17. The van der Waals surface area contributed by atoms with E-state index in [1.54, 1.807) is 0 Å². The van der Waals surface area contributed by atoms with Gasteiger partial charge in [-0.05, 0) is 36.5 Å². The second-order valence-corrected chi connectivity index (χ2v) is 5.95. The molecule has 2 aliphatic rings. The molecule has 1 fully saturated rings. The van der Waals surface area contributed by atoms with Crippen molar-refractivity contribution in [2.75, 3.05) is 13.2 Å². The summed E-state index contributed by atoms with van der Waals surface area (Å²) >= 11 is 0. The summed E-state index contributed by atoms with van der Waals surface area (Å²) in [6, 6.07) is 5.87. The summed E-state index contributed by atoms with van der Waals surface area (Å²) < 4.78 is 11.1. The first-order valence-electron chi connectivity index (χ1n) is 7.92. The first kappa shape index (κ1) is 13.7. The Labute approximate surface area is 120 Å². The second-order valence-electron chi connectivity index (χ2n) is 5.95. The number of rotatable bonds is 2. The topological polar surface area (TPSA) is 38.7 Å². The summed E-state index contributed by atoms with van der Waals surface area (Å²) in [4.78, 5) is 0. The fourth-order valence-electron chi connectivity index (χ4n) is 3.32. The van der Waals surface area contributed by atoms with Gasteiger partial charge in [-0.1, -0.05) is 38.2 Å². The maximum absolute atomic E-state index is 10.7. The SMILES string of the molecule is OC(c1ccc2c(c1)OCCO2)C1CCCCCCC1. The fraction of sp³-hybridized carbons (Fsp3) is 0.647. The van der Waals surface area contributed by atoms with Gasteiger partial charge in [0.1, 0.15) is 13.2 Å². The van der Waals surface area contributed by atoms with Crippen molar-refractivity contribution in [3.05, 3.63) is 23.8 Å².